The molecule has 2 heterocycles. The summed E-state index contributed by atoms with van der Waals surface area (Å²) in [6.45, 7) is 4.48. The fourth-order valence-electron chi connectivity index (χ4n) is 1.91. The lowest BCUT2D eigenvalue weighted by Gasteiger charge is -2.25. The molecule has 0 aliphatic rings. The summed E-state index contributed by atoms with van der Waals surface area (Å²) in [6.07, 6.45) is 3.19. The minimum absolute atomic E-state index is 0.00667. The molecule has 0 radical (unpaired) electrons. The Bertz CT molecular complexity index is 481. The minimum Gasteiger partial charge on any atom is -0.467 e. The van der Waals surface area contributed by atoms with Gasteiger partial charge in [-0.3, -0.25) is 4.79 Å². The van der Waals surface area contributed by atoms with Crippen molar-refractivity contribution in [3.05, 3.63) is 48.3 Å². The molecular formula is C15H20N2O3. The van der Waals surface area contributed by atoms with E-state index >= 15 is 0 Å². The van der Waals surface area contributed by atoms with Gasteiger partial charge in [0.25, 0.3) is 0 Å². The third-order valence-corrected chi connectivity index (χ3v) is 3.34. The molecule has 0 fully saturated rings. The molecule has 0 bridgehead atoms. The lowest BCUT2D eigenvalue weighted by Crippen LogP contribution is -2.41. The van der Waals surface area contributed by atoms with Gasteiger partial charge >= 0.3 is 0 Å². The highest BCUT2D eigenvalue weighted by Gasteiger charge is 2.24. The Labute approximate surface area is 118 Å². The quantitative estimate of drug-likeness (QED) is 0.879. The van der Waals surface area contributed by atoms with Crippen molar-refractivity contribution in [1.82, 2.24) is 4.90 Å². The summed E-state index contributed by atoms with van der Waals surface area (Å²) in [5.41, 5.74) is 5.83. The fourth-order valence-corrected chi connectivity index (χ4v) is 1.91. The maximum absolute atomic E-state index is 12.5. The van der Waals surface area contributed by atoms with Gasteiger partial charge in [-0.1, -0.05) is 6.92 Å². The summed E-state index contributed by atoms with van der Waals surface area (Å²) < 4.78 is 10.6. The molecule has 5 heteroatoms. The molecule has 2 rings (SSSR count). The second-order valence-corrected chi connectivity index (χ2v) is 5.00. The monoisotopic (exact) mass is 276 g/mol. The predicted molar refractivity (Wildman–Crippen MR) is 74.5 cm³/mol. The molecule has 2 N–H and O–H groups in total. The molecule has 0 aliphatic heterocycles. The topological polar surface area (TPSA) is 72.6 Å². The summed E-state index contributed by atoms with van der Waals surface area (Å²) in [7, 11) is 0. The van der Waals surface area contributed by atoms with Crippen molar-refractivity contribution in [1.29, 1.82) is 0 Å². The van der Waals surface area contributed by atoms with Crippen LogP contribution in [0.4, 0.5) is 0 Å². The van der Waals surface area contributed by atoms with E-state index in [1.54, 1.807) is 29.6 Å². The lowest BCUT2D eigenvalue weighted by molar-refractivity contribution is -0.137. The van der Waals surface area contributed by atoms with Crippen LogP contribution in [0.2, 0.25) is 0 Å². The number of hydrogen-bond donors (Lipinski definition) is 1. The predicted octanol–water partition coefficient (Wildman–Crippen LogP) is 2.38. The molecular weight excluding hydrogens is 256 g/mol. The van der Waals surface area contributed by atoms with Crippen LogP contribution >= 0.6 is 0 Å². The first-order valence-electron chi connectivity index (χ1n) is 6.67. The SMILES string of the molecule is CC(N)C(C)C(=O)N(Cc1ccco1)Cc1ccco1. The number of carbonyl (C=O) groups excluding carboxylic acids is 1. The van der Waals surface area contributed by atoms with Gasteiger partial charge in [-0.25, -0.2) is 0 Å². The van der Waals surface area contributed by atoms with E-state index in [1.807, 2.05) is 26.0 Å². The number of rotatable bonds is 6. The molecule has 0 aliphatic carbocycles. The maximum Gasteiger partial charge on any atom is 0.227 e. The van der Waals surface area contributed by atoms with E-state index in [1.165, 1.54) is 0 Å². The maximum atomic E-state index is 12.5. The molecule has 2 aromatic rings. The first-order chi connectivity index (χ1) is 9.58. The van der Waals surface area contributed by atoms with Crippen molar-refractivity contribution in [2.24, 2.45) is 11.7 Å². The average molecular weight is 276 g/mol. The number of nitrogens with two attached hydrogens (primary N) is 1. The zero-order chi connectivity index (χ0) is 14.5. The summed E-state index contributed by atoms with van der Waals surface area (Å²) >= 11 is 0. The van der Waals surface area contributed by atoms with E-state index in [-0.39, 0.29) is 17.9 Å². The zero-order valence-electron chi connectivity index (χ0n) is 11.8. The Hall–Kier alpha value is -2.01. The van der Waals surface area contributed by atoms with Gasteiger partial charge in [0.15, 0.2) is 0 Å². The molecule has 1 amide bonds. The second kappa shape index (κ2) is 6.43. The minimum atomic E-state index is -0.250. The summed E-state index contributed by atoms with van der Waals surface area (Å²) in [4.78, 5) is 14.2. The number of carbonyl (C=O) groups is 1. The van der Waals surface area contributed by atoms with E-state index in [2.05, 4.69) is 0 Å². The van der Waals surface area contributed by atoms with Gasteiger partial charge < -0.3 is 19.5 Å². The molecule has 5 nitrogen and oxygen atoms in total. The van der Waals surface area contributed by atoms with E-state index < -0.39 is 0 Å². The standard InChI is InChI=1S/C15H20N2O3/c1-11(12(2)16)15(18)17(9-13-5-3-7-19-13)10-14-6-4-8-20-14/h3-8,11-12H,9-10,16H2,1-2H3. The van der Waals surface area contributed by atoms with Crippen LogP contribution in [-0.4, -0.2) is 16.8 Å². The van der Waals surface area contributed by atoms with Gasteiger partial charge in [0, 0.05) is 6.04 Å². The normalized spacial score (nSPS) is 13.9. The van der Waals surface area contributed by atoms with Gasteiger partial charge in [0.2, 0.25) is 5.91 Å². The van der Waals surface area contributed by atoms with Crippen LogP contribution in [0.25, 0.3) is 0 Å². The molecule has 0 saturated carbocycles. The lowest BCUT2D eigenvalue weighted by atomic mass is 10.0. The number of nitrogens with zero attached hydrogens (tertiary/aromatic N) is 1. The van der Waals surface area contributed by atoms with E-state index in [0.717, 1.165) is 11.5 Å². The van der Waals surface area contributed by atoms with Gasteiger partial charge in [0.05, 0.1) is 31.5 Å². The van der Waals surface area contributed by atoms with Crippen LogP contribution in [0.15, 0.2) is 45.6 Å². The molecule has 2 unspecified atom stereocenters. The van der Waals surface area contributed by atoms with Crippen LogP contribution in [0.3, 0.4) is 0 Å². The number of amides is 1. The Kier molecular flexibility index (Phi) is 4.63. The van der Waals surface area contributed by atoms with Crippen molar-refractivity contribution < 1.29 is 13.6 Å². The van der Waals surface area contributed by atoms with E-state index in [9.17, 15) is 4.79 Å². The van der Waals surface area contributed by atoms with Crippen LogP contribution in [0.1, 0.15) is 25.4 Å². The number of furan rings is 2. The van der Waals surface area contributed by atoms with Gasteiger partial charge in [-0.15, -0.1) is 0 Å². The highest BCUT2D eigenvalue weighted by atomic mass is 16.3. The first kappa shape index (κ1) is 14.4. The third kappa shape index (κ3) is 3.51. The molecule has 2 aromatic heterocycles. The Morgan fingerprint density at radius 1 is 1.15 bits per heavy atom. The van der Waals surface area contributed by atoms with Crippen LogP contribution < -0.4 is 5.73 Å². The van der Waals surface area contributed by atoms with Crippen molar-refractivity contribution in [3.8, 4) is 0 Å². The van der Waals surface area contributed by atoms with Crippen molar-refractivity contribution in [2.45, 2.75) is 33.0 Å². The fraction of sp³-hybridized carbons (Fsp3) is 0.400. The van der Waals surface area contributed by atoms with Crippen LogP contribution in [0, 0.1) is 5.92 Å². The molecule has 0 saturated heterocycles. The summed E-state index contributed by atoms with van der Waals surface area (Å²) in [5, 5.41) is 0. The van der Waals surface area contributed by atoms with Crippen LogP contribution in [0.5, 0.6) is 0 Å². The van der Waals surface area contributed by atoms with Gasteiger partial charge in [-0.05, 0) is 31.2 Å². The molecule has 20 heavy (non-hydrogen) atoms. The van der Waals surface area contributed by atoms with Crippen LogP contribution in [-0.2, 0) is 17.9 Å². The van der Waals surface area contributed by atoms with E-state index in [4.69, 9.17) is 14.6 Å². The summed E-state index contributed by atoms with van der Waals surface area (Å²) in [5.74, 6) is 1.22. The summed E-state index contributed by atoms with van der Waals surface area (Å²) in [6, 6.07) is 7.11. The molecule has 0 aromatic carbocycles. The van der Waals surface area contributed by atoms with Gasteiger partial charge in [0.1, 0.15) is 11.5 Å². The Balaban J connectivity index is 2.12. The third-order valence-electron chi connectivity index (χ3n) is 3.34. The largest absolute Gasteiger partial charge is 0.467 e. The smallest absolute Gasteiger partial charge is 0.227 e. The molecule has 0 spiro atoms. The zero-order valence-corrected chi connectivity index (χ0v) is 11.8. The van der Waals surface area contributed by atoms with E-state index in [0.29, 0.717) is 13.1 Å². The van der Waals surface area contributed by atoms with Gasteiger partial charge in [-0.2, -0.15) is 0 Å². The van der Waals surface area contributed by atoms with Crippen molar-refractivity contribution >= 4 is 5.91 Å². The van der Waals surface area contributed by atoms with Crippen molar-refractivity contribution in [2.75, 3.05) is 0 Å². The first-order valence-corrected chi connectivity index (χ1v) is 6.67. The molecule has 108 valence electrons. The Morgan fingerprint density at radius 2 is 1.65 bits per heavy atom. The second-order valence-electron chi connectivity index (χ2n) is 5.00. The molecule has 2 atom stereocenters. The van der Waals surface area contributed by atoms with Crippen molar-refractivity contribution in [3.63, 3.8) is 0 Å². The highest BCUT2D eigenvalue weighted by molar-refractivity contribution is 5.79. The number of hydrogen-bond acceptors (Lipinski definition) is 4. The highest BCUT2D eigenvalue weighted by Crippen LogP contribution is 2.15. The Morgan fingerprint density at radius 3 is 2.00 bits per heavy atom. The average Bonchev–Trinajstić information content (AvgIpc) is 3.09.